The lowest BCUT2D eigenvalue weighted by Gasteiger charge is -2.04. The van der Waals surface area contributed by atoms with Gasteiger partial charge in [0.1, 0.15) is 5.82 Å². The fourth-order valence-electron chi connectivity index (χ4n) is 1.40. The minimum atomic E-state index is -0.668. The fourth-order valence-corrected chi connectivity index (χ4v) is 2.23. The molecule has 2 aromatic rings. The van der Waals surface area contributed by atoms with Gasteiger partial charge in [-0.15, -0.1) is 11.8 Å². The van der Waals surface area contributed by atoms with E-state index in [4.69, 9.17) is 11.6 Å². The zero-order valence-electron chi connectivity index (χ0n) is 10.1. The number of carbonyl (C=O) groups excluding carboxylic acids is 1. The lowest BCUT2D eigenvalue weighted by Crippen LogP contribution is -2.25. The molecule has 0 aliphatic rings. The summed E-state index contributed by atoms with van der Waals surface area (Å²) in [5.74, 6) is -0.108. The minimum absolute atomic E-state index is 0.0699. The molecule has 6 nitrogen and oxygen atoms in total. The number of aromatic amines is 2. The number of aromatic nitrogens is 2. The first-order valence-electron chi connectivity index (χ1n) is 5.55. The number of benzene rings is 1. The van der Waals surface area contributed by atoms with Gasteiger partial charge in [0.05, 0.1) is 5.75 Å². The Labute approximate surface area is 122 Å². The molecule has 0 saturated heterocycles. The molecule has 0 bridgehead atoms. The predicted molar refractivity (Wildman–Crippen MR) is 78.5 cm³/mol. The Morgan fingerprint density at radius 3 is 2.55 bits per heavy atom. The molecule has 1 amide bonds. The summed E-state index contributed by atoms with van der Waals surface area (Å²) >= 11 is 7.07. The highest BCUT2D eigenvalue weighted by molar-refractivity contribution is 8.00. The van der Waals surface area contributed by atoms with Gasteiger partial charge in [-0.2, -0.15) is 0 Å². The largest absolute Gasteiger partial charge is 0.327 e. The maximum absolute atomic E-state index is 11.7. The van der Waals surface area contributed by atoms with Gasteiger partial charge in [0, 0.05) is 16.0 Å². The summed E-state index contributed by atoms with van der Waals surface area (Å²) < 4.78 is 0. The van der Waals surface area contributed by atoms with Crippen molar-refractivity contribution in [1.29, 1.82) is 0 Å². The molecular formula is C12H10ClN3O3S. The number of amides is 1. The first-order chi connectivity index (χ1) is 9.52. The van der Waals surface area contributed by atoms with Crippen LogP contribution in [0.5, 0.6) is 0 Å². The number of rotatable bonds is 4. The van der Waals surface area contributed by atoms with Crippen molar-refractivity contribution < 1.29 is 4.79 Å². The highest BCUT2D eigenvalue weighted by Gasteiger charge is 2.05. The summed E-state index contributed by atoms with van der Waals surface area (Å²) in [5.41, 5.74) is -1.24. The van der Waals surface area contributed by atoms with Crippen molar-refractivity contribution in [2.24, 2.45) is 0 Å². The number of hydrogen-bond donors (Lipinski definition) is 3. The highest BCUT2D eigenvalue weighted by Crippen LogP contribution is 2.20. The van der Waals surface area contributed by atoms with Crippen LogP contribution in [0.15, 0.2) is 44.8 Å². The van der Waals surface area contributed by atoms with Crippen LogP contribution in [0.2, 0.25) is 5.02 Å². The van der Waals surface area contributed by atoms with Crippen molar-refractivity contribution in [1.82, 2.24) is 9.97 Å². The number of carbonyl (C=O) groups is 1. The Morgan fingerprint density at radius 2 is 1.90 bits per heavy atom. The van der Waals surface area contributed by atoms with Crippen molar-refractivity contribution in [3.8, 4) is 0 Å². The van der Waals surface area contributed by atoms with Crippen molar-refractivity contribution in [3.05, 3.63) is 56.2 Å². The van der Waals surface area contributed by atoms with Crippen LogP contribution in [0.1, 0.15) is 0 Å². The van der Waals surface area contributed by atoms with E-state index in [1.807, 2.05) is 4.98 Å². The molecule has 0 fully saturated rings. The Hall–Kier alpha value is -1.99. The molecule has 0 spiro atoms. The summed E-state index contributed by atoms with van der Waals surface area (Å²) in [6, 6.07) is 8.17. The van der Waals surface area contributed by atoms with Crippen LogP contribution in [-0.4, -0.2) is 21.6 Å². The van der Waals surface area contributed by atoms with Gasteiger partial charge in [0.2, 0.25) is 5.91 Å². The third-order valence-corrected chi connectivity index (χ3v) is 3.48. The molecule has 1 aromatic heterocycles. The number of nitrogens with one attached hydrogen (secondary N) is 3. The number of halogens is 1. The average Bonchev–Trinajstić information content (AvgIpc) is 2.37. The second-order valence-electron chi connectivity index (χ2n) is 3.79. The van der Waals surface area contributed by atoms with Crippen molar-refractivity contribution in [2.45, 2.75) is 4.90 Å². The van der Waals surface area contributed by atoms with E-state index in [1.54, 1.807) is 24.3 Å². The molecule has 2 rings (SSSR count). The first kappa shape index (κ1) is 14.4. The summed E-state index contributed by atoms with van der Waals surface area (Å²) in [7, 11) is 0. The maximum Gasteiger partial charge on any atom is 0.327 e. The molecule has 0 aliphatic carbocycles. The van der Waals surface area contributed by atoms with E-state index in [2.05, 4.69) is 10.3 Å². The van der Waals surface area contributed by atoms with Crippen molar-refractivity contribution in [2.75, 3.05) is 11.1 Å². The molecule has 104 valence electrons. The number of anilines is 1. The van der Waals surface area contributed by atoms with Crippen LogP contribution in [-0.2, 0) is 4.79 Å². The molecule has 0 aliphatic heterocycles. The second kappa shape index (κ2) is 6.44. The van der Waals surface area contributed by atoms with Gasteiger partial charge in [-0.25, -0.2) is 4.79 Å². The Balaban J connectivity index is 1.94. The van der Waals surface area contributed by atoms with Gasteiger partial charge in [0.15, 0.2) is 0 Å². The van der Waals surface area contributed by atoms with Crippen LogP contribution >= 0.6 is 23.4 Å². The molecular weight excluding hydrogens is 302 g/mol. The Kier molecular flexibility index (Phi) is 4.65. The molecule has 0 saturated carbocycles. The maximum atomic E-state index is 11.7. The SMILES string of the molecule is O=C(CSc1ccc(Cl)cc1)Nc1cc(=O)[nH]c(=O)[nH]1. The van der Waals surface area contributed by atoms with E-state index in [9.17, 15) is 14.4 Å². The summed E-state index contributed by atoms with van der Waals surface area (Å²) in [6.45, 7) is 0. The summed E-state index contributed by atoms with van der Waals surface area (Å²) in [6.07, 6.45) is 0. The third-order valence-electron chi connectivity index (χ3n) is 2.22. The molecule has 3 N–H and O–H groups in total. The topological polar surface area (TPSA) is 94.8 Å². The number of H-pyrrole nitrogens is 2. The second-order valence-corrected chi connectivity index (χ2v) is 5.28. The van der Waals surface area contributed by atoms with E-state index in [0.29, 0.717) is 5.02 Å². The summed E-state index contributed by atoms with van der Waals surface area (Å²) in [4.78, 5) is 39.0. The van der Waals surface area contributed by atoms with E-state index >= 15 is 0 Å². The molecule has 0 radical (unpaired) electrons. The normalized spacial score (nSPS) is 10.2. The van der Waals surface area contributed by atoms with Crippen LogP contribution in [0, 0.1) is 0 Å². The predicted octanol–water partition coefficient (Wildman–Crippen LogP) is 1.45. The van der Waals surface area contributed by atoms with E-state index in [0.717, 1.165) is 11.0 Å². The molecule has 0 unspecified atom stereocenters. The van der Waals surface area contributed by atoms with Gasteiger partial charge in [0.25, 0.3) is 5.56 Å². The van der Waals surface area contributed by atoms with E-state index in [1.165, 1.54) is 11.8 Å². The van der Waals surface area contributed by atoms with Crippen molar-refractivity contribution in [3.63, 3.8) is 0 Å². The van der Waals surface area contributed by atoms with Crippen molar-refractivity contribution >= 4 is 35.1 Å². The minimum Gasteiger partial charge on any atom is -0.311 e. The standard InChI is InChI=1S/C12H10ClN3O3S/c13-7-1-3-8(4-2-7)20-6-11(18)14-9-5-10(17)16-12(19)15-9/h1-5H,6H2,(H3,14,15,16,17,18,19). The zero-order valence-corrected chi connectivity index (χ0v) is 11.7. The fraction of sp³-hybridized carbons (Fsp3) is 0.0833. The van der Waals surface area contributed by atoms with Crippen LogP contribution in [0.3, 0.4) is 0 Å². The third kappa shape index (κ3) is 4.29. The molecule has 1 heterocycles. The molecule has 1 aromatic carbocycles. The lowest BCUT2D eigenvalue weighted by atomic mass is 10.4. The van der Waals surface area contributed by atoms with Gasteiger partial charge >= 0.3 is 5.69 Å². The van der Waals surface area contributed by atoms with Gasteiger partial charge in [-0.05, 0) is 24.3 Å². The number of hydrogen-bond acceptors (Lipinski definition) is 4. The highest BCUT2D eigenvalue weighted by atomic mass is 35.5. The smallest absolute Gasteiger partial charge is 0.311 e. The lowest BCUT2D eigenvalue weighted by molar-refractivity contribution is -0.113. The summed E-state index contributed by atoms with van der Waals surface area (Å²) in [5, 5.41) is 3.07. The van der Waals surface area contributed by atoms with Gasteiger partial charge < -0.3 is 5.32 Å². The average molecular weight is 312 g/mol. The quantitative estimate of drug-likeness (QED) is 0.745. The molecule has 0 atom stereocenters. The number of thioether (sulfide) groups is 1. The Morgan fingerprint density at radius 1 is 1.20 bits per heavy atom. The van der Waals surface area contributed by atoms with Crippen LogP contribution < -0.4 is 16.6 Å². The zero-order chi connectivity index (χ0) is 14.5. The molecule has 20 heavy (non-hydrogen) atoms. The molecule has 8 heteroatoms. The van der Waals surface area contributed by atoms with Gasteiger partial charge in [-0.3, -0.25) is 19.6 Å². The van der Waals surface area contributed by atoms with E-state index < -0.39 is 11.2 Å². The van der Waals surface area contributed by atoms with Crippen LogP contribution in [0.4, 0.5) is 5.82 Å². The van der Waals surface area contributed by atoms with E-state index in [-0.39, 0.29) is 17.5 Å². The monoisotopic (exact) mass is 311 g/mol. The van der Waals surface area contributed by atoms with Crippen LogP contribution in [0.25, 0.3) is 0 Å². The van der Waals surface area contributed by atoms with Gasteiger partial charge in [-0.1, -0.05) is 11.6 Å². The first-order valence-corrected chi connectivity index (χ1v) is 6.91. The Bertz CT molecular complexity index is 695.